The van der Waals surface area contributed by atoms with Gasteiger partial charge in [-0.3, -0.25) is 0 Å². The maximum atomic E-state index is 11.9. The average Bonchev–Trinajstić information content (AvgIpc) is 3.10. The van der Waals surface area contributed by atoms with E-state index < -0.39 is 18.0 Å². The van der Waals surface area contributed by atoms with Gasteiger partial charge in [-0.25, -0.2) is 14.6 Å². The van der Waals surface area contributed by atoms with E-state index in [1.54, 1.807) is 6.20 Å². The number of carboxylic acids is 1. The fourth-order valence-electron chi connectivity index (χ4n) is 2.80. The van der Waals surface area contributed by atoms with Crippen molar-refractivity contribution in [2.24, 2.45) is 5.92 Å². The van der Waals surface area contributed by atoms with Crippen molar-refractivity contribution in [1.29, 1.82) is 0 Å². The molecule has 0 aliphatic heterocycles. The SMILES string of the molecule is CC(NC(=O)N[C@H](Cc1cnc[nH]1)C(=O)O)C1CCCC1. The molecule has 116 valence electrons. The number of amides is 2. The molecule has 2 rings (SSSR count). The molecule has 0 spiro atoms. The van der Waals surface area contributed by atoms with Crippen molar-refractivity contribution < 1.29 is 14.7 Å². The molecule has 1 aromatic rings. The summed E-state index contributed by atoms with van der Waals surface area (Å²) in [5, 5.41) is 14.5. The summed E-state index contributed by atoms with van der Waals surface area (Å²) >= 11 is 0. The molecule has 1 fully saturated rings. The number of hydrogen-bond donors (Lipinski definition) is 4. The molecule has 0 radical (unpaired) electrons. The number of urea groups is 1. The lowest BCUT2D eigenvalue weighted by atomic mass is 10.0. The number of nitrogens with one attached hydrogen (secondary N) is 3. The molecule has 1 saturated carbocycles. The maximum absolute atomic E-state index is 11.9. The normalized spacial score (nSPS) is 18.1. The summed E-state index contributed by atoms with van der Waals surface area (Å²) in [7, 11) is 0. The first-order valence-electron chi connectivity index (χ1n) is 7.33. The van der Waals surface area contributed by atoms with E-state index >= 15 is 0 Å². The Morgan fingerprint density at radius 2 is 2.14 bits per heavy atom. The van der Waals surface area contributed by atoms with Crippen LogP contribution in [0.25, 0.3) is 0 Å². The van der Waals surface area contributed by atoms with E-state index in [1.807, 2.05) is 6.92 Å². The van der Waals surface area contributed by atoms with Gasteiger partial charge in [-0.2, -0.15) is 0 Å². The molecule has 1 aliphatic carbocycles. The molecule has 0 aromatic carbocycles. The highest BCUT2D eigenvalue weighted by Crippen LogP contribution is 2.27. The molecule has 2 amide bonds. The van der Waals surface area contributed by atoms with E-state index in [-0.39, 0.29) is 12.5 Å². The van der Waals surface area contributed by atoms with Gasteiger partial charge < -0.3 is 20.7 Å². The third-order valence-electron chi connectivity index (χ3n) is 4.05. The third kappa shape index (κ3) is 4.47. The Labute approximate surface area is 123 Å². The zero-order valence-electron chi connectivity index (χ0n) is 12.1. The highest BCUT2D eigenvalue weighted by atomic mass is 16.4. The van der Waals surface area contributed by atoms with Crippen molar-refractivity contribution in [2.45, 2.75) is 51.1 Å². The molecular formula is C14H22N4O3. The number of H-pyrrole nitrogens is 1. The molecule has 7 heteroatoms. The average molecular weight is 294 g/mol. The minimum Gasteiger partial charge on any atom is -0.480 e. The molecule has 21 heavy (non-hydrogen) atoms. The van der Waals surface area contributed by atoms with E-state index in [9.17, 15) is 14.7 Å². The first kappa shape index (κ1) is 15.3. The number of imidazole rings is 1. The second-order valence-corrected chi connectivity index (χ2v) is 5.62. The lowest BCUT2D eigenvalue weighted by molar-refractivity contribution is -0.139. The van der Waals surface area contributed by atoms with Crippen LogP contribution in [0.5, 0.6) is 0 Å². The van der Waals surface area contributed by atoms with Crippen LogP contribution in [-0.4, -0.2) is 39.2 Å². The minimum absolute atomic E-state index is 0.0640. The highest BCUT2D eigenvalue weighted by molar-refractivity contribution is 5.82. The van der Waals surface area contributed by atoms with Crippen molar-refractivity contribution in [3.63, 3.8) is 0 Å². The van der Waals surface area contributed by atoms with E-state index in [4.69, 9.17) is 0 Å². The fourth-order valence-corrected chi connectivity index (χ4v) is 2.80. The second kappa shape index (κ2) is 7.10. The van der Waals surface area contributed by atoms with Gasteiger partial charge >= 0.3 is 12.0 Å². The number of carboxylic acid groups (broad SMARTS) is 1. The molecule has 1 heterocycles. The van der Waals surface area contributed by atoms with Crippen molar-refractivity contribution >= 4 is 12.0 Å². The highest BCUT2D eigenvalue weighted by Gasteiger charge is 2.25. The number of hydrogen-bond acceptors (Lipinski definition) is 3. The van der Waals surface area contributed by atoms with Gasteiger partial charge in [0.2, 0.25) is 0 Å². The van der Waals surface area contributed by atoms with Gasteiger partial charge in [0, 0.05) is 24.4 Å². The summed E-state index contributed by atoms with van der Waals surface area (Å²) in [5.41, 5.74) is 0.673. The van der Waals surface area contributed by atoms with Gasteiger partial charge in [-0.15, -0.1) is 0 Å². The van der Waals surface area contributed by atoms with Crippen LogP contribution in [0.1, 0.15) is 38.3 Å². The predicted octanol–water partition coefficient (Wildman–Crippen LogP) is 1.28. The van der Waals surface area contributed by atoms with E-state index in [2.05, 4.69) is 20.6 Å². The van der Waals surface area contributed by atoms with Gasteiger partial charge in [0.1, 0.15) is 6.04 Å². The Balaban J connectivity index is 1.84. The molecule has 0 bridgehead atoms. The van der Waals surface area contributed by atoms with Gasteiger partial charge in [-0.1, -0.05) is 12.8 Å². The lowest BCUT2D eigenvalue weighted by Gasteiger charge is -2.22. The van der Waals surface area contributed by atoms with Gasteiger partial charge in [0.25, 0.3) is 0 Å². The van der Waals surface area contributed by atoms with Crippen LogP contribution in [0.3, 0.4) is 0 Å². The number of nitrogens with zero attached hydrogens (tertiary/aromatic N) is 1. The summed E-state index contributed by atoms with van der Waals surface area (Å²) in [6, 6.07) is -1.34. The summed E-state index contributed by atoms with van der Waals surface area (Å²) in [4.78, 5) is 29.8. The molecule has 1 aliphatic rings. The van der Waals surface area contributed by atoms with E-state index in [0.717, 1.165) is 12.8 Å². The fraction of sp³-hybridized carbons (Fsp3) is 0.643. The van der Waals surface area contributed by atoms with Crippen molar-refractivity contribution in [1.82, 2.24) is 20.6 Å². The predicted molar refractivity (Wildman–Crippen MR) is 76.8 cm³/mol. The number of aliphatic carboxylic acids is 1. The van der Waals surface area contributed by atoms with Crippen LogP contribution in [0.4, 0.5) is 4.79 Å². The number of carbonyl (C=O) groups is 2. The summed E-state index contributed by atoms with van der Waals surface area (Å²) in [5.74, 6) is -0.570. The number of aromatic nitrogens is 2. The summed E-state index contributed by atoms with van der Waals surface area (Å²) in [6.45, 7) is 1.97. The zero-order chi connectivity index (χ0) is 15.2. The van der Waals surface area contributed by atoms with Crippen molar-refractivity contribution in [3.05, 3.63) is 18.2 Å². The molecule has 1 aromatic heterocycles. The second-order valence-electron chi connectivity index (χ2n) is 5.62. The van der Waals surface area contributed by atoms with Crippen LogP contribution in [0.2, 0.25) is 0 Å². The molecule has 4 N–H and O–H groups in total. The molecule has 2 atom stereocenters. The molecule has 0 saturated heterocycles. The molecular weight excluding hydrogens is 272 g/mol. The Kier molecular flexibility index (Phi) is 5.19. The number of aromatic amines is 1. The van der Waals surface area contributed by atoms with Crippen LogP contribution < -0.4 is 10.6 Å². The van der Waals surface area contributed by atoms with Gasteiger partial charge in [0.05, 0.1) is 6.33 Å². The van der Waals surface area contributed by atoms with Crippen LogP contribution in [-0.2, 0) is 11.2 Å². The maximum Gasteiger partial charge on any atom is 0.326 e. The largest absolute Gasteiger partial charge is 0.480 e. The molecule has 1 unspecified atom stereocenters. The standard InChI is InChI=1S/C14H22N4O3/c1-9(10-4-2-3-5-10)17-14(21)18-12(13(19)20)6-11-7-15-8-16-11/h7-10,12H,2-6H2,1H3,(H,15,16)(H,19,20)(H2,17,18,21)/t9?,12-/m1/s1. The number of rotatable bonds is 6. The van der Waals surface area contributed by atoms with Gasteiger partial charge in [0.15, 0.2) is 0 Å². The Bertz CT molecular complexity index is 469. The topological polar surface area (TPSA) is 107 Å². The smallest absolute Gasteiger partial charge is 0.326 e. The lowest BCUT2D eigenvalue weighted by Crippen LogP contribution is -2.50. The number of carbonyl (C=O) groups excluding carboxylic acids is 1. The third-order valence-corrected chi connectivity index (χ3v) is 4.05. The van der Waals surface area contributed by atoms with E-state index in [0.29, 0.717) is 11.6 Å². The zero-order valence-corrected chi connectivity index (χ0v) is 12.1. The first-order chi connectivity index (χ1) is 10.1. The Morgan fingerprint density at radius 3 is 2.71 bits per heavy atom. The van der Waals surface area contributed by atoms with Crippen molar-refractivity contribution in [2.75, 3.05) is 0 Å². The summed E-state index contributed by atoms with van der Waals surface area (Å²) < 4.78 is 0. The summed E-state index contributed by atoms with van der Waals surface area (Å²) in [6.07, 6.45) is 7.87. The van der Waals surface area contributed by atoms with Gasteiger partial charge in [-0.05, 0) is 25.7 Å². The molecule has 7 nitrogen and oxygen atoms in total. The van der Waals surface area contributed by atoms with Crippen LogP contribution >= 0.6 is 0 Å². The Morgan fingerprint density at radius 1 is 1.43 bits per heavy atom. The first-order valence-corrected chi connectivity index (χ1v) is 7.33. The van der Waals surface area contributed by atoms with Crippen LogP contribution in [0.15, 0.2) is 12.5 Å². The van der Waals surface area contributed by atoms with E-state index in [1.165, 1.54) is 19.2 Å². The minimum atomic E-state index is -1.06. The van der Waals surface area contributed by atoms with Crippen LogP contribution in [0, 0.1) is 5.92 Å². The Hall–Kier alpha value is -2.05. The monoisotopic (exact) mass is 294 g/mol. The van der Waals surface area contributed by atoms with Crippen molar-refractivity contribution in [3.8, 4) is 0 Å². The quantitative estimate of drug-likeness (QED) is 0.634.